The van der Waals surface area contributed by atoms with Gasteiger partial charge in [-0.05, 0) is 49.3 Å². The highest BCUT2D eigenvalue weighted by atomic mass is 16.1. The minimum Gasteiger partial charge on any atom is -0.267 e. The minimum absolute atomic E-state index is 0.0317. The topological polar surface area (TPSA) is 34.9 Å². The monoisotopic (exact) mass is 256 g/mol. The number of nitrogens with zero attached hydrogens (tertiary/aromatic N) is 2. The van der Waals surface area contributed by atoms with Gasteiger partial charge < -0.3 is 0 Å². The molecule has 2 aromatic rings. The first-order valence-electron chi connectivity index (χ1n) is 7.16. The summed E-state index contributed by atoms with van der Waals surface area (Å²) in [6.45, 7) is 6.86. The van der Waals surface area contributed by atoms with Gasteiger partial charge in [0.2, 0.25) is 0 Å². The number of aryl methyl sites for hydroxylation is 1. The van der Waals surface area contributed by atoms with E-state index >= 15 is 0 Å². The first-order chi connectivity index (χ1) is 9.11. The summed E-state index contributed by atoms with van der Waals surface area (Å²) in [6.07, 6.45) is 2.56. The first-order valence-corrected chi connectivity index (χ1v) is 7.16. The molecule has 0 amide bonds. The van der Waals surface area contributed by atoms with E-state index in [0.717, 1.165) is 16.5 Å². The molecule has 1 fully saturated rings. The Labute approximate surface area is 113 Å². The van der Waals surface area contributed by atoms with Crippen molar-refractivity contribution in [2.75, 3.05) is 0 Å². The van der Waals surface area contributed by atoms with Crippen LogP contribution in [0.2, 0.25) is 0 Å². The van der Waals surface area contributed by atoms with E-state index in [4.69, 9.17) is 0 Å². The average molecular weight is 256 g/mol. The summed E-state index contributed by atoms with van der Waals surface area (Å²) in [7, 11) is 0. The van der Waals surface area contributed by atoms with Crippen LogP contribution in [0.15, 0.2) is 23.0 Å². The number of aromatic nitrogens is 2. The Bertz CT molecular complexity index is 681. The summed E-state index contributed by atoms with van der Waals surface area (Å²) in [6, 6.07) is 6.30. The van der Waals surface area contributed by atoms with Crippen molar-refractivity contribution >= 4 is 10.8 Å². The minimum atomic E-state index is 0.0317. The van der Waals surface area contributed by atoms with E-state index in [1.165, 1.54) is 18.4 Å². The third kappa shape index (κ3) is 2.07. The van der Waals surface area contributed by atoms with Gasteiger partial charge in [-0.2, -0.15) is 5.10 Å². The highest BCUT2D eigenvalue weighted by molar-refractivity contribution is 5.85. The lowest BCUT2D eigenvalue weighted by Crippen LogP contribution is -2.24. The summed E-state index contributed by atoms with van der Waals surface area (Å²) in [5.74, 6) is 1.04. The zero-order valence-corrected chi connectivity index (χ0v) is 11.8. The zero-order chi connectivity index (χ0) is 13.6. The molecule has 0 radical (unpaired) electrons. The van der Waals surface area contributed by atoms with Gasteiger partial charge >= 0.3 is 0 Å². The molecular formula is C16H20N2O. The maximum atomic E-state index is 12.3. The standard InChI is InChI=1S/C16H20N2O/c1-4-18-16(19)13-8-7-12(11-5-6-11)9-14(13)15(17-18)10(2)3/h7-11H,4-6H2,1-3H3. The lowest BCUT2D eigenvalue weighted by Gasteiger charge is -2.13. The SMILES string of the molecule is CCn1nc(C(C)C)c2cc(C3CC3)ccc2c1=O. The average Bonchev–Trinajstić information content (AvgIpc) is 3.22. The Morgan fingerprint density at radius 3 is 2.63 bits per heavy atom. The van der Waals surface area contributed by atoms with Crippen LogP contribution in [-0.2, 0) is 6.54 Å². The fraction of sp³-hybridized carbons (Fsp3) is 0.500. The Hall–Kier alpha value is -1.64. The van der Waals surface area contributed by atoms with Crippen molar-refractivity contribution in [2.45, 2.75) is 52.0 Å². The van der Waals surface area contributed by atoms with Crippen LogP contribution in [-0.4, -0.2) is 9.78 Å². The van der Waals surface area contributed by atoms with Crippen molar-refractivity contribution in [3.63, 3.8) is 0 Å². The Kier molecular flexibility index (Phi) is 2.92. The van der Waals surface area contributed by atoms with E-state index < -0.39 is 0 Å². The van der Waals surface area contributed by atoms with Crippen LogP contribution >= 0.6 is 0 Å². The molecule has 19 heavy (non-hydrogen) atoms. The number of hydrogen-bond donors (Lipinski definition) is 0. The highest BCUT2D eigenvalue weighted by Gasteiger charge is 2.24. The van der Waals surface area contributed by atoms with Crippen LogP contribution in [0.3, 0.4) is 0 Å². The molecule has 3 heteroatoms. The van der Waals surface area contributed by atoms with Crippen LogP contribution in [0.5, 0.6) is 0 Å². The molecule has 3 rings (SSSR count). The normalized spacial score (nSPS) is 15.4. The van der Waals surface area contributed by atoms with E-state index in [1.54, 1.807) is 4.68 Å². The van der Waals surface area contributed by atoms with Crippen LogP contribution < -0.4 is 5.56 Å². The molecule has 0 aliphatic heterocycles. The van der Waals surface area contributed by atoms with Crippen molar-refractivity contribution in [1.82, 2.24) is 9.78 Å². The molecular weight excluding hydrogens is 236 g/mol. The lowest BCUT2D eigenvalue weighted by molar-refractivity contribution is 0.595. The van der Waals surface area contributed by atoms with Crippen molar-refractivity contribution in [3.8, 4) is 0 Å². The van der Waals surface area contributed by atoms with Gasteiger partial charge in [0, 0.05) is 11.9 Å². The second-order valence-electron chi connectivity index (χ2n) is 5.74. The van der Waals surface area contributed by atoms with E-state index in [-0.39, 0.29) is 5.56 Å². The van der Waals surface area contributed by atoms with Gasteiger partial charge in [0.25, 0.3) is 5.56 Å². The van der Waals surface area contributed by atoms with Crippen molar-refractivity contribution in [1.29, 1.82) is 0 Å². The zero-order valence-electron chi connectivity index (χ0n) is 11.8. The van der Waals surface area contributed by atoms with Crippen molar-refractivity contribution < 1.29 is 0 Å². The molecule has 1 aliphatic rings. The molecule has 1 aromatic carbocycles. The summed E-state index contributed by atoms with van der Waals surface area (Å²) in [4.78, 5) is 12.3. The molecule has 100 valence electrons. The molecule has 0 bridgehead atoms. The van der Waals surface area contributed by atoms with Crippen LogP contribution in [0, 0.1) is 0 Å². The molecule has 1 saturated carbocycles. The van der Waals surface area contributed by atoms with Gasteiger partial charge in [-0.25, -0.2) is 4.68 Å². The van der Waals surface area contributed by atoms with Gasteiger partial charge in [0.15, 0.2) is 0 Å². The number of hydrogen-bond acceptors (Lipinski definition) is 2. The molecule has 0 atom stereocenters. The number of fused-ring (bicyclic) bond motifs is 1. The Morgan fingerprint density at radius 2 is 2.05 bits per heavy atom. The molecule has 0 unspecified atom stereocenters. The third-order valence-corrected chi connectivity index (χ3v) is 3.91. The highest BCUT2D eigenvalue weighted by Crippen LogP contribution is 2.41. The fourth-order valence-corrected chi connectivity index (χ4v) is 2.64. The maximum Gasteiger partial charge on any atom is 0.274 e. The van der Waals surface area contributed by atoms with E-state index in [2.05, 4.69) is 31.1 Å². The molecule has 1 aromatic heterocycles. The predicted octanol–water partition coefficient (Wildman–Crippen LogP) is 3.42. The van der Waals surface area contributed by atoms with E-state index in [0.29, 0.717) is 18.4 Å². The van der Waals surface area contributed by atoms with Crippen LogP contribution in [0.4, 0.5) is 0 Å². The Morgan fingerprint density at radius 1 is 1.32 bits per heavy atom. The Balaban J connectivity index is 2.32. The lowest BCUT2D eigenvalue weighted by atomic mass is 9.99. The van der Waals surface area contributed by atoms with Gasteiger partial charge in [-0.15, -0.1) is 0 Å². The van der Waals surface area contributed by atoms with Gasteiger partial charge in [-0.1, -0.05) is 19.9 Å². The van der Waals surface area contributed by atoms with E-state index in [1.807, 2.05) is 13.0 Å². The fourth-order valence-electron chi connectivity index (χ4n) is 2.64. The summed E-state index contributed by atoms with van der Waals surface area (Å²) < 4.78 is 1.58. The smallest absolute Gasteiger partial charge is 0.267 e. The van der Waals surface area contributed by atoms with Crippen LogP contribution in [0.1, 0.15) is 56.7 Å². The number of rotatable bonds is 3. The molecule has 0 N–H and O–H groups in total. The molecule has 1 heterocycles. The predicted molar refractivity (Wildman–Crippen MR) is 77.7 cm³/mol. The van der Waals surface area contributed by atoms with Crippen molar-refractivity contribution in [3.05, 3.63) is 39.8 Å². The third-order valence-electron chi connectivity index (χ3n) is 3.91. The van der Waals surface area contributed by atoms with Gasteiger partial charge in [0.1, 0.15) is 0 Å². The van der Waals surface area contributed by atoms with E-state index in [9.17, 15) is 4.79 Å². The quantitative estimate of drug-likeness (QED) is 0.843. The maximum absolute atomic E-state index is 12.3. The van der Waals surface area contributed by atoms with Gasteiger partial charge in [0.05, 0.1) is 11.1 Å². The molecule has 1 aliphatic carbocycles. The van der Waals surface area contributed by atoms with Crippen LogP contribution in [0.25, 0.3) is 10.8 Å². The second kappa shape index (κ2) is 4.48. The molecule has 3 nitrogen and oxygen atoms in total. The first kappa shape index (κ1) is 12.4. The molecule has 0 spiro atoms. The summed E-state index contributed by atoms with van der Waals surface area (Å²) in [5.41, 5.74) is 2.44. The molecule has 0 saturated heterocycles. The second-order valence-corrected chi connectivity index (χ2v) is 5.74. The number of benzene rings is 1. The summed E-state index contributed by atoms with van der Waals surface area (Å²) in [5, 5.41) is 6.40. The summed E-state index contributed by atoms with van der Waals surface area (Å²) >= 11 is 0. The van der Waals surface area contributed by atoms with Crippen molar-refractivity contribution in [2.24, 2.45) is 0 Å². The largest absolute Gasteiger partial charge is 0.274 e. The van der Waals surface area contributed by atoms with Gasteiger partial charge in [-0.3, -0.25) is 4.79 Å².